The molecule has 0 aliphatic heterocycles. The van der Waals surface area contributed by atoms with Crippen LogP contribution in [0.15, 0.2) is 17.8 Å². The number of allylic oxidation sites excluding steroid dienone is 1. The molecule has 0 amide bonds. The van der Waals surface area contributed by atoms with Crippen LogP contribution in [0.3, 0.4) is 0 Å². The molecule has 0 radical (unpaired) electrons. The average molecular weight is 211 g/mol. The first kappa shape index (κ1) is 6.94. The normalized spacial score (nSPS) is 9.43. The standard InChI is InChI=1S/C4H8IN2/c1-3-4-6-7(2)5/h3-5H,1H2,2H3/q+1/b6-4-. The summed E-state index contributed by atoms with van der Waals surface area (Å²) in [7, 11) is 1.87. The van der Waals surface area contributed by atoms with Gasteiger partial charge in [0.25, 0.3) is 0 Å². The monoisotopic (exact) mass is 211 g/mol. The van der Waals surface area contributed by atoms with Crippen molar-refractivity contribution in [3.63, 3.8) is 0 Å². The van der Waals surface area contributed by atoms with E-state index in [1.807, 2.05) is 7.05 Å². The molecule has 7 heavy (non-hydrogen) atoms. The quantitative estimate of drug-likeness (QED) is 0.210. The Morgan fingerprint density at radius 2 is 2.43 bits per heavy atom. The summed E-state index contributed by atoms with van der Waals surface area (Å²) in [4.78, 5) is 0. The highest BCUT2D eigenvalue weighted by atomic mass is 127. The molecule has 0 N–H and O–H groups in total. The van der Waals surface area contributed by atoms with Gasteiger partial charge in [-0.05, 0) is 6.08 Å². The lowest BCUT2D eigenvalue weighted by atomic mass is 10.7. The lowest BCUT2D eigenvalue weighted by molar-refractivity contribution is -0.567. The second-order valence-electron chi connectivity index (χ2n) is 0.964. The highest BCUT2D eigenvalue weighted by Crippen LogP contribution is 1.59. The third-order valence-corrected chi connectivity index (χ3v) is 0.604. The van der Waals surface area contributed by atoms with Crippen molar-refractivity contribution >= 4 is 6.21 Å². The molecule has 0 fully saturated rings. The number of hydrazone groups is 1. The van der Waals surface area contributed by atoms with Gasteiger partial charge in [0, 0.05) is 0 Å². The van der Waals surface area contributed by atoms with Crippen molar-refractivity contribution in [2.24, 2.45) is 5.10 Å². The molecule has 0 saturated heterocycles. The van der Waals surface area contributed by atoms with E-state index in [2.05, 4.69) is 11.7 Å². The predicted octanol–water partition coefficient (Wildman–Crippen LogP) is -2.71. The maximum atomic E-state index is 3.84. The van der Waals surface area contributed by atoms with Gasteiger partial charge in [-0.2, -0.15) is 0 Å². The van der Waals surface area contributed by atoms with Crippen molar-refractivity contribution < 1.29 is 22.9 Å². The first-order chi connectivity index (χ1) is 3.27. The SMILES string of the molecule is C=C/C=N\N(C)[IH+]. The van der Waals surface area contributed by atoms with Crippen molar-refractivity contribution in [3.05, 3.63) is 12.7 Å². The zero-order valence-electron chi connectivity index (χ0n) is 4.16. The van der Waals surface area contributed by atoms with Gasteiger partial charge in [-0.15, -0.1) is 5.10 Å². The van der Waals surface area contributed by atoms with Gasteiger partial charge in [-0.1, -0.05) is 9.80 Å². The molecule has 0 unspecified atom stereocenters. The first-order valence-corrected chi connectivity index (χ1v) is 2.87. The molecule has 0 saturated carbocycles. The van der Waals surface area contributed by atoms with Crippen molar-refractivity contribution in [2.75, 3.05) is 7.05 Å². The molecule has 0 aliphatic rings. The van der Waals surface area contributed by atoms with Gasteiger partial charge in [0.1, 0.15) is 0 Å². The van der Waals surface area contributed by atoms with E-state index in [1.165, 1.54) is 0 Å². The summed E-state index contributed by atoms with van der Waals surface area (Å²) in [6.45, 7) is 3.46. The van der Waals surface area contributed by atoms with Crippen LogP contribution in [0.4, 0.5) is 0 Å². The van der Waals surface area contributed by atoms with E-state index in [-0.39, 0.29) is 0 Å². The largest absolute Gasteiger partial charge is 0.422 e. The summed E-state index contributed by atoms with van der Waals surface area (Å²) >= 11 is 1.80. The summed E-state index contributed by atoms with van der Waals surface area (Å²) in [5.74, 6) is 0. The molecule has 0 bridgehead atoms. The number of hydrogen-bond acceptors (Lipinski definition) is 2. The Morgan fingerprint density at radius 1 is 1.86 bits per heavy atom. The Bertz CT molecular complexity index is 77.8. The minimum atomic E-state index is 1.64. The van der Waals surface area contributed by atoms with E-state index >= 15 is 0 Å². The summed E-state index contributed by atoms with van der Waals surface area (Å²) in [6, 6.07) is 0. The third-order valence-electron chi connectivity index (χ3n) is 0.335. The van der Waals surface area contributed by atoms with Crippen LogP contribution in [0.1, 0.15) is 0 Å². The van der Waals surface area contributed by atoms with Crippen LogP contribution in [-0.2, 0) is 0 Å². The van der Waals surface area contributed by atoms with Crippen molar-refractivity contribution in [2.45, 2.75) is 0 Å². The molecule has 40 valence electrons. The van der Waals surface area contributed by atoms with Gasteiger partial charge in [0.15, 0.2) is 0 Å². The summed E-state index contributed by atoms with van der Waals surface area (Å²) in [6.07, 6.45) is 3.28. The predicted molar refractivity (Wildman–Crippen MR) is 27.8 cm³/mol. The summed E-state index contributed by atoms with van der Waals surface area (Å²) in [5.41, 5.74) is 0. The molecule has 2 nitrogen and oxygen atoms in total. The van der Waals surface area contributed by atoms with E-state index in [0.717, 1.165) is 0 Å². The van der Waals surface area contributed by atoms with Gasteiger partial charge < -0.3 is 0 Å². The molecule has 0 aromatic heterocycles. The molecule has 3 heteroatoms. The lowest BCUT2D eigenvalue weighted by Gasteiger charge is -1.83. The Labute approximate surface area is 57.4 Å². The number of rotatable bonds is 2. The van der Waals surface area contributed by atoms with Crippen LogP contribution in [0, 0.1) is 0 Å². The van der Waals surface area contributed by atoms with E-state index in [0.29, 0.717) is 0 Å². The Morgan fingerprint density at radius 3 is 2.57 bits per heavy atom. The summed E-state index contributed by atoms with van der Waals surface area (Å²) < 4.78 is 1.72. The van der Waals surface area contributed by atoms with Gasteiger partial charge in [-0.3, -0.25) is 0 Å². The van der Waals surface area contributed by atoms with E-state index < -0.39 is 0 Å². The number of hydrogen-bond donors (Lipinski definition) is 0. The maximum absolute atomic E-state index is 3.84. The summed E-state index contributed by atoms with van der Waals surface area (Å²) in [5, 5.41) is 3.84. The van der Waals surface area contributed by atoms with Crippen molar-refractivity contribution in [3.8, 4) is 0 Å². The smallest absolute Gasteiger partial charge is 0.143 e. The fraction of sp³-hybridized carbons (Fsp3) is 0.250. The molecular weight excluding hydrogens is 203 g/mol. The van der Waals surface area contributed by atoms with Gasteiger partial charge in [0.05, 0.1) is 13.3 Å². The van der Waals surface area contributed by atoms with Crippen LogP contribution in [-0.4, -0.2) is 16.5 Å². The molecule has 0 atom stereocenters. The Balaban J connectivity index is 3.25. The molecule has 0 aliphatic carbocycles. The molecule has 0 rings (SSSR count). The second-order valence-corrected chi connectivity index (χ2v) is 2.47. The molecule has 0 aromatic rings. The number of halogens is 1. The van der Waals surface area contributed by atoms with Gasteiger partial charge in [0.2, 0.25) is 0 Å². The molecule has 0 spiro atoms. The van der Waals surface area contributed by atoms with Crippen LogP contribution in [0.5, 0.6) is 0 Å². The van der Waals surface area contributed by atoms with Gasteiger partial charge in [-0.25, -0.2) is 0 Å². The minimum absolute atomic E-state index is 1.64. The zero-order valence-corrected chi connectivity index (χ0v) is 6.49. The number of nitrogens with zero attached hydrogens (tertiary/aromatic N) is 2. The zero-order chi connectivity index (χ0) is 5.70. The van der Waals surface area contributed by atoms with E-state index in [1.54, 1.807) is 38.4 Å². The van der Waals surface area contributed by atoms with E-state index in [9.17, 15) is 0 Å². The highest BCUT2D eigenvalue weighted by molar-refractivity contribution is 5.69. The second kappa shape index (κ2) is 4.11. The van der Waals surface area contributed by atoms with Crippen molar-refractivity contribution in [1.29, 1.82) is 0 Å². The van der Waals surface area contributed by atoms with Crippen LogP contribution < -0.4 is 22.9 Å². The Hall–Kier alpha value is -0.0600. The van der Waals surface area contributed by atoms with Crippen LogP contribution >= 0.6 is 0 Å². The van der Waals surface area contributed by atoms with E-state index in [4.69, 9.17) is 0 Å². The minimum Gasteiger partial charge on any atom is -0.143 e. The molecule has 0 aromatic carbocycles. The Kier molecular flexibility index (Phi) is 4.07. The fourth-order valence-corrected chi connectivity index (χ4v) is 0.296. The first-order valence-electron chi connectivity index (χ1n) is 1.83. The fourth-order valence-electron chi connectivity index (χ4n) is 0.141. The lowest BCUT2D eigenvalue weighted by Crippen LogP contribution is -3.40. The average Bonchev–Trinajstić information content (AvgIpc) is 1.61. The van der Waals surface area contributed by atoms with Crippen LogP contribution in [0.2, 0.25) is 0 Å². The maximum Gasteiger partial charge on any atom is 0.422 e. The van der Waals surface area contributed by atoms with Gasteiger partial charge >= 0.3 is 22.9 Å². The topological polar surface area (TPSA) is 15.6 Å². The molecular formula is C4H8IN2+. The van der Waals surface area contributed by atoms with Crippen molar-refractivity contribution in [1.82, 2.24) is 3.22 Å². The third kappa shape index (κ3) is 5.94. The molecule has 0 heterocycles. The van der Waals surface area contributed by atoms with Crippen LogP contribution in [0.25, 0.3) is 0 Å². The highest BCUT2D eigenvalue weighted by Gasteiger charge is 1.84.